The lowest BCUT2D eigenvalue weighted by Crippen LogP contribution is -2.03. The summed E-state index contributed by atoms with van der Waals surface area (Å²) in [6, 6.07) is 6.44. The first kappa shape index (κ1) is 13.9. The highest BCUT2D eigenvalue weighted by atomic mass is 32.2. The molecule has 1 heterocycles. The van der Waals surface area contributed by atoms with Crippen molar-refractivity contribution >= 4 is 17.6 Å². The molecule has 19 heavy (non-hydrogen) atoms. The van der Waals surface area contributed by atoms with Crippen LogP contribution < -0.4 is 5.73 Å². The van der Waals surface area contributed by atoms with Crippen LogP contribution in [0, 0.1) is 13.8 Å². The lowest BCUT2D eigenvalue weighted by molar-refractivity contribution is 0.808. The maximum Gasteiger partial charge on any atom is 0.131 e. The van der Waals surface area contributed by atoms with E-state index in [2.05, 4.69) is 55.9 Å². The smallest absolute Gasteiger partial charge is 0.131 e. The normalized spacial score (nSPS) is 11.0. The zero-order chi connectivity index (χ0) is 14.0. The number of nitrogen functional groups attached to an aromatic ring is 1. The number of anilines is 1. The minimum absolute atomic E-state index is 0.314. The number of hydrogen-bond donors (Lipinski definition) is 1. The molecule has 0 aliphatic rings. The third-order valence-electron chi connectivity index (χ3n) is 3.01. The molecule has 0 spiro atoms. The van der Waals surface area contributed by atoms with Crippen LogP contribution in [0.1, 0.15) is 36.5 Å². The molecule has 4 heteroatoms. The Bertz CT molecular complexity index is 594. The zero-order valence-corrected chi connectivity index (χ0v) is 12.6. The molecule has 0 bridgehead atoms. The summed E-state index contributed by atoms with van der Waals surface area (Å²) >= 11 is 1.67. The molecule has 0 saturated heterocycles. The van der Waals surface area contributed by atoms with Crippen molar-refractivity contribution in [3.8, 4) is 0 Å². The molecule has 2 aromatic rings. The Hall–Kier alpha value is -1.55. The summed E-state index contributed by atoms with van der Waals surface area (Å²) < 4.78 is 0. The van der Waals surface area contributed by atoms with E-state index in [9.17, 15) is 0 Å². The van der Waals surface area contributed by atoms with Crippen LogP contribution in [-0.2, 0) is 0 Å². The molecule has 1 aromatic heterocycles. The molecule has 2 N–H and O–H groups in total. The van der Waals surface area contributed by atoms with E-state index < -0.39 is 0 Å². The van der Waals surface area contributed by atoms with Crippen molar-refractivity contribution in [1.29, 1.82) is 0 Å². The Balaban J connectivity index is 2.44. The van der Waals surface area contributed by atoms with Crippen molar-refractivity contribution in [1.82, 2.24) is 9.97 Å². The van der Waals surface area contributed by atoms with Gasteiger partial charge in [0.1, 0.15) is 17.2 Å². The molecule has 0 unspecified atom stereocenters. The molecule has 0 amide bonds. The molecule has 100 valence electrons. The predicted molar refractivity (Wildman–Crippen MR) is 80.6 cm³/mol. The highest BCUT2D eigenvalue weighted by Gasteiger charge is 2.14. The molecule has 0 aliphatic carbocycles. The average molecular weight is 273 g/mol. The fraction of sp³-hybridized carbons (Fsp3) is 0.333. The van der Waals surface area contributed by atoms with Gasteiger partial charge in [0.2, 0.25) is 0 Å². The number of rotatable bonds is 3. The van der Waals surface area contributed by atoms with Crippen molar-refractivity contribution in [2.45, 2.75) is 43.5 Å². The molecule has 0 fully saturated rings. The van der Waals surface area contributed by atoms with Crippen molar-refractivity contribution in [3.63, 3.8) is 0 Å². The Morgan fingerprint density at radius 1 is 1.16 bits per heavy atom. The van der Waals surface area contributed by atoms with E-state index in [1.54, 1.807) is 11.8 Å². The summed E-state index contributed by atoms with van der Waals surface area (Å²) in [5, 5.41) is 0.955. The minimum atomic E-state index is 0.314. The van der Waals surface area contributed by atoms with E-state index in [0.717, 1.165) is 10.6 Å². The van der Waals surface area contributed by atoms with Gasteiger partial charge in [-0.05, 0) is 37.0 Å². The SMILES string of the molecule is Cc1ccc(C)c(Sc2ncnc(N)c2C(C)C)c1. The topological polar surface area (TPSA) is 51.8 Å². The Morgan fingerprint density at radius 2 is 1.89 bits per heavy atom. The molecule has 3 nitrogen and oxygen atoms in total. The molecular weight excluding hydrogens is 254 g/mol. The number of benzene rings is 1. The second-order valence-electron chi connectivity index (χ2n) is 5.00. The molecular formula is C15H19N3S. The maximum atomic E-state index is 5.98. The number of aromatic nitrogens is 2. The number of nitrogens with two attached hydrogens (primary N) is 1. The van der Waals surface area contributed by atoms with E-state index in [0.29, 0.717) is 11.7 Å². The lowest BCUT2D eigenvalue weighted by atomic mass is 10.1. The number of nitrogens with zero attached hydrogens (tertiary/aromatic N) is 2. The first-order valence-corrected chi connectivity index (χ1v) is 7.16. The van der Waals surface area contributed by atoms with E-state index in [1.165, 1.54) is 22.3 Å². The van der Waals surface area contributed by atoms with Crippen LogP contribution in [0.15, 0.2) is 34.4 Å². The van der Waals surface area contributed by atoms with Crippen LogP contribution in [0.25, 0.3) is 0 Å². The van der Waals surface area contributed by atoms with Gasteiger partial charge in [-0.25, -0.2) is 9.97 Å². The van der Waals surface area contributed by atoms with Crippen LogP contribution in [-0.4, -0.2) is 9.97 Å². The van der Waals surface area contributed by atoms with Gasteiger partial charge in [0.25, 0.3) is 0 Å². The second kappa shape index (κ2) is 5.61. The molecule has 0 saturated carbocycles. The molecule has 0 atom stereocenters. The van der Waals surface area contributed by atoms with Gasteiger partial charge in [0.15, 0.2) is 0 Å². The fourth-order valence-electron chi connectivity index (χ4n) is 1.94. The van der Waals surface area contributed by atoms with Gasteiger partial charge in [-0.2, -0.15) is 0 Å². The van der Waals surface area contributed by atoms with Gasteiger partial charge >= 0.3 is 0 Å². The predicted octanol–water partition coefficient (Wildman–Crippen LogP) is 3.95. The summed E-state index contributed by atoms with van der Waals surface area (Å²) in [6.07, 6.45) is 1.54. The van der Waals surface area contributed by atoms with E-state index in [-0.39, 0.29) is 0 Å². The quantitative estimate of drug-likeness (QED) is 0.860. The second-order valence-corrected chi connectivity index (χ2v) is 6.03. The van der Waals surface area contributed by atoms with E-state index in [1.807, 2.05) is 0 Å². The Labute approximate surface area is 118 Å². The van der Waals surface area contributed by atoms with Crippen LogP contribution in [0.2, 0.25) is 0 Å². The van der Waals surface area contributed by atoms with Gasteiger partial charge < -0.3 is 5.73 Å². The zero-order valence-electron chi connectivity index (χ0n) is 11.8. The molecule has 0 aliphatic heterocycles. The fourth-order valence-corrected chi connectivity index (χ4v) is 3.17. The summed E-state index contributed by atoms with van der Waals surface area (Å²) in [5.41, 5.74) is 9.52. The first-order chi connectivity index (χ1) is 8.99. The van der Waals surface area contributed by atoms with Crippen LogP contribution in [0.4, 0.5) is 5.82 Å². The standard InChI is InChI=1S/C15H19N3S/c1-9(2)13-14(16)17-8-18-15(13)19-12-7-10(3)5-6-11(12)4/h5-9H,1-4H3,(H2,16,17,18). The van der Waals surface area contributed by atoms with Gasteiger partial charge in [-0.15, -0.1) is 0 Å². The summed E-state index contributed by atoms with van der Waals surface area (Å²) in [6.45, 7) is 8.44. The monoisotopic (exact) mass is 273 g/mol. The van der Waals surface area contributed by atoms with Gasteiger partial charge in [-0.1, -0.05) is 37.7 Å². The highest BCUT2D eigenvalue weighted by Crippen LogP contribution is 2.36. The Kier molecular flexibility index (Phi) is 4.10. The third kappa shape index (κ3) is 3.07. The largest absolute Gasteiger partial charge is 0.383 e. The van der Waals surface area contributed by atoms with E-state index in [4.69, 9.17) is 5.73 Å². The van der Waals surface area contributed by atoms with E-state index >= 15 is 0 Å². The van der Waals surface area contributed by atoms with Crippen molar-refractivity contribution in [2.24, 2.45) is 0 Å². The highest BCUT2D eigenvalue weighted by molar-refractivity contribution is 7.99. The summed E-state index contributed by atoms with van der Waals surface area (Å²) in [4.78, 5) is 9.72. The first-order valence-electron chi connectivity index (χ1n) is 6.34. The Morgan fingerprint density at radius 3 is 2.58 bits per heavy atom. The third-order valence-corrected chi connectivity index (χ3v) is 4.18. The van der Waals surface area contributed by atoms with Gasteiger partial charge in [0.05, 0.1) is 0 Å². The lowest BCUT2D eigenvalue weighted by Gasteiger charge is -2.14. The number of aryl methyl sites for hydroxylation is 2. The molecule has 1 aromatic carbocycles. The average Bonchev–Trinajstić information content (AvgIpc) is 2.33. The van der Waals surface area contributed by atoms with Crippen molar-refractivity contribution < 1.29 is 0 Å². The van der Waals surface area contributed by atoms with Gasteiger partial charge in [-0.3, -0.25) is 0 Å². The maximum absolute atomic E-state index is 5.98. The summed E-state index contributed by atoms with van der Waals surface area (Å²) in [7, 11) is 0. The molecule has 2 rings (SSSR count). The van der Waals surface area contributed by atoms with Crippen molar-refractivity contribution in [2.75, 3.05) is 5.73 Å². The van der Waals surface area contributed by atoms with Crippen LogP contribution >= 0.6 is 11.8 Å². The van der Waals surface area contributed by atoms with Crippen molar-refractivity contribution in [3.05, 3.63) is 41.2 Å². The number of hydrogen-bond acceptors (Lipinski definition) is 4. The van der Waals surface area contributed by atoms with Crippen LogP contribution in [0.3, 0.4) is 0 Å². The van der Waals surface area contributed by atoms with Crippen LogP contribution in [0.5, 0.6) is 0 Å². The minimum Gasteiger partial charge on any atom is -0.383 e. The van der Waals surface area contributed by atoms with Gasteiger partial charge in [0, 0.05) is 10.5 Å². The summed E-state index contributed by atoms with van der Waals surface area (Å²) in [5.74, 6) is 0.895. The molecule has 0 radical (unpaired) electrons.